The monoisotopic (exact) mass is 1310 g/mol. The number of carboxylic acid groups (broad SMARTS) is 1. The Morgan fingerprint density at radius 3 is 1.80 bits per heavy atom. The van der Waals surface area contributed by atoms with Crippen molar-refractivity contribution in [2.24, 2.45) is 34.8 Å². The summed E-state index contributed by atoms with van der Waals surface area (Å²) in [7, 11) is 0. The van der Waals surface area contributed by atoms with E-state index in [0.29, 0.717) is 56.8 Å². The Morgan fingerprint density at radius 1 is 0.677 bits per heavy atom. The molecule has 1 aliphatic rings. The number of carboxylic acids is 1. The normalized spacial score (nSPS) is 22.5. The molecule has 1 aliphatic heterocycles. The Balaban J connectivity index is 2.61. The number of hydrogen-bond acceptors (Lipinski definition) is 18. The average molecular weight is 1320 g/mol. The maximum atomic E-state index is 14.8. The highest BCUT2D eigenvalue weighted by Gasteiger charge is 2.43. The number of phenolic OH excluding ortho intramolecular Hbond substituents is 1. The zero-order valence-electron chi connectivity index (χ0n) is 54.8. The van der Waals surface area contributed by atoms with Crippen LogP contribution in [0.5, 0.6) is 5.75 Å². The first-order valence-corrected chi connectivity index (χ1v) is 31.9. The molecule has 1 fully saturated rings. The number of aldehydes is 1. The van der Waals surface area contributed by atoms with Crippen molar-refractivity contribution in [3.8, 4) is 5.75 Å². The van der Waals surface area contributed by atoms with Gasteiger partial charge in [0.05, 0.1) is 24.6 Å². The molecule has 0 aliphatic carbocycles. The van der Waals surface area contributed by atoms with Crippen molar-refractivity contribution in [3.63, 3.8) is 0 Å². The molecule has 0 spiro atoms. The van der Waals surface area contributed by atoms with E-state index < -0.39 is 180 Å². The number of carbonyl (C=O) groups excluding carboxylic acids is 13. The third-order valence-corrected chi connectivity index (χ3v) is 16.6. The summed E-state index contributed by atoms with van der Waals surface area (Å²) in [6, 6.07) is -7.23. The van der Waals surface area contributed by atoms with Gasteiger partial charge in [-0.1, -0.05) is 91.2 Å². The number of nitrogens with one attached hydrogen (secondary N) is 10. The zero-order chi connectivity index (χ0) is 70.3. The molecule has 1 aromatic rings. The number of aliphatic hydroxyl groups is 1. The summed E-state index contributed by atoms with van der Waals surface area (Å²) in [5.41, 5.74) is 19.7. The number of rotatable bonds is 32. The SMILES string of the molecule is CC[C@H](C)[C@H](NC(=O)[C@]1(C)CCCCCCCC[C@](C)(NC(=O)[C@H](CCCCN)NC(=O)[C@@H](N)Cc2ccc(O)cc2)C(=O)N[C@@H]([C@@H](C)O)C(=O)N[C@@H](CCC(N)=O)C(=O)N[C@@H](C)C(=O)N1)C(=O)N[C@@H](CC(=O)O)C(=O)N[C@@H](CCC(N)=O)C(=O)N[C@H](C=O)[C@@H](C)CC. The molecule has 31 heteroatoms. The maximum absolute atomic E-state index is 14.8. The summed E-state index contributed by atoms with van der Waals surface area (Å²) in [5.74, 6) is -13.9. The highest BCUT2D eigenvalue weighted by atomic mass is 16.4. The van der Waals surface area contributed by atoms with Gasteiger partial charge in [-0.15, -0.1) is 0 Å². The molecule has 12 amide bonds. The van der Waals surface area contributed by atoms with E-state index in [0.717, 1.165) is 0 Å². The maximum Gasteiger partial charge on any atom is 0.305 e. The predicted octanol–water partition coefficient (Wildman–Crippen LogP) is -2.15. The number of hydrogen-bond donors (Lipinski definition) is 17. The lowest BCUT2D eigenvalue weighted by atomic mass is 9.89. The number of primary amides is 2. The van der Waals surface area contributed by atoms with Crippen molar-refractivity contribution in [1.82, 2.24) is 53.2 Å². The van der Waals surface area contributed by atoms with Crippen LogP contribution in [0.1, 0.15) is 177 Å². The van der Waals surface area contributed by atoms with Crippen molar-refractivity contribution in [3.05, 3.63) is 29.8 Å². The van der Waals surface area contributed by atoms with Crippen LogP contribution in [0.2, 0.25) is 0 Å². The topological polar surface area (TPSA) is 524 Å². The number of aliphatic carboxylic acids is 1. The van der Waals surface area contributed by atoms with Gasteiger partial charge in [-0.2, -0.15) is 0 Å². The summed E-state index contributed by atoms with van der Waals surface area (Å²) in [4.78, 5) is 190. The van der Waals surface area contributed by atoms with Crippen LogP contribution < -0.4 is 76.1 Å². The predicted molar refractivity (Wildman–Crippen MR) is 340 cm³/mol. The molecule has 1 saturated heterocycles. The number of nitrogens with two attached hydrogens (primary N) is 4. The lowest BCUT2D eigenvalue weighted by molar-refractivity contribution is -0.142. The minimum atomic E-state index is -1.89. The Kier molecular flexibility index (Phi) is 34.7. The fourth-order valence-electron chi connectivity index (χ4n) is 10.1. The van der Waals surface area contributed by atoms with Gasteiger partial charge in [0.2, 0.25) is 70.9 Å². The quantitative estimate of drug-likeness (QED) is 0.0270. The molecule has 522 valence electrons. The number of benzene rings is 1. The standard InChI is InChI=1S/C62H102N14O17/c1-9-34(3)45(33-77)72-54(87)43(25-27-47(66)81)69-55(88)44(32-48(82)83)71-57(90)49(35(4)10-2)73-59(92)61(7)28-16-13-11-12-14-17-29-62(8,76-56(89)41(19-15-18-30-63)68-52(85)40(64)31-38-20-22-39(79)23-21-38)60(93)74-50(37(6)78)58(91)70-42(24-26-46(65)80)53(86)67-36(5)51(84)75-61/h20-23,33-37,40-45,49-50,78-79H,9-19,24-32,63-64H2,1-8H3,(H2,65,80)(H2,66,81)(H,67,86)(H,68,85)(H,69,88)(H,70,91)(H,71,90)(H,72,87)(H,73,92)(H,74,93)(H,75,84)(H,76,89)(H,82,83)/t34-,35-,36-,37+,40-,41-,42-,43-,44-,45+,49-,50-,61-,62-/m0/s1. The summed E-state index contributed by atoms with van der Waals surface area (Å²) in [6.07, 6.45) is 0.0997. The van der Waals surface area contributed by atoms with E-state index in [2.05, 4.69) is 53.2 Å². The van der Waals surface area contributed by atoms with E-state index in [-0.39, 0.29) is 69.6 Å². The van der Waals surface area contributed by atoms with E-state index in [1.165, 1.54) is 39.8 Å². The van der Waals surface area contributed by atoms with Gasteiger partial charge in [0.1, 0.15) is 65.4 Å². The lowest BCUT2D eigenvalue weighted by Gasteiger charge is -2.34. The van der Waals surface area contributed by atoms with Gasteiger partial charge in [0.15, 0.2) is 0 Å². The van der Waals surface area contributed by atoms with E-state index in [4.69, 9.17) is 22.9 Å². The van der Waals surface area contributed by atoms with Crippen LogP contribution in [0.3, 0.4) is 0 Å². The van der Waals surface area contributed by atoms with Crippen LogP contribution in [-0.4, -0.2) is 177 Å². The van der Waals surface area contributed by atoms with Crippen LogP contribution >= 0.6 is 0 Å². The lowest BCUT2D eigenvalue weighted by Crippen LogP contribution is -2.65. The fraction of sp³-hybridized carbons (Fsp3) is 0.677. The van der Waals surface area contributed by atoms with E-state index in [1.807, 2.05) is 0 Å². The molecule has 0 bridgehead atoms. The summed E-state index contributed by atoms with van der Waals surface area (Å²) >= 11 is 0. The molecular weight excluding hydrogens is 1210 g/mol. The van der Waals surface area contributed by atoms with Crippen LogP contribution in [-0.2, 0) is 73.5 Å². The van der Waals surface area contributed by atoms with Gasteiger partial charge >= 0.3 is 5.97 Å². The Labute approximate surface area is 542 Å². The number of phenols is 1. The highest BCUT2D eigenvalue weighted by Crippen LogP contribution is 2.23. The zero-order valence-corrected chi connectivity index (χ0v) is 54.8. The molecule has 0 saturated carbocycles. The molecule has 0 unspecified atom stereocenters. The first-order valence-electron chi connectivity index (χ1n) is 31.9. The molecule has 0 radical (unpaired) electrons. The van der Waals surface area contributed by atoms with Gasteiger partial charge in [-0.3, -0.25) is 62.3 Å². The average Bonchev–Trinajstić information content (AvgIpc) is 1.24. The first-order chi connectivity index (χ1) is 43.6. The molecule has 1 heterocycles. The minimum Gasteiger partial charge on any atom is -0.508 e. The molecular formula is C62H102N14O17. The van der Waals surface area contributed by atoms with Gasteiger partial charge in [-0.25, -0.2) is 0 Å². The number of carbonyl (C=O) groups is 14. The van der Waals surface area contributed by atoms with Gasteiger partial charge in [0.25, 0.3) is 0 Å². The van der Waals surface area contributed by atoms with Gasteiger partial charge in [-0.05, 0) is 115 Å². The van der Waals surface area contributed by atoms with Crippen molar-refractivity contribution in [1.29, 1.82) is 0 Å². The smallest absolute Gasteiger partial charge is 0.305 e. The second-order valence-electron chi connectivity index (χ2n) is 24.7. The molecule has 14 atom stereocenters. The van der Waals surface area contributed by atoms with Crippen molar-refractivity contribution >= 4 is 83.1 Å². The second-order valence-corrected chi connectivity index (χ2v) is 24.7. The van der Waals surface area contributed by atoms with Crippen molar-refractivity contribution < 1.29 is 82.4 Å². The van der Waals surface area contributed by atoms with Crippen LogP contribution in [0, 0.1) is 11.8 Å². The number of aliphatic hydroxyl groups excluding tert-OH is 1. The van der Waals surface area contributed by atoms with Crippen molar-refractivity contribution in [2.45, 2.75) is 249 Å². The van der Waals surface area contributed by atoms with Crippen molar-refractivity contribution in [2.75, 3.05) is 6.54 Å². The molecule has 93 heavy (non-hydrogen) atoms. The molecule has 0 aromatic heterocycles. The molecule has 1 aromatic carbocycles. The highest BCUT2D eigenvalue weighted by molar-refractivity contribution is 6.01. The number of unbranched alkanes of at least 4 members (excludes halogenated alkanes) is 1. The van der Waals surface area contributed by atoms with Gasteiger partial charge in [0, 0.05) is 12.8 Å². The Morgan fingerprint density at radius 2 is 1.24 bits per heavy atom. The third kappa shape index (κ3) is 27.8. The van der Waals surface area contributed by atoms with E-state index in [9.17, 15) is 82.4 Å². The fourth-order valence-corrected chi connectivity index (χ4v) is 10.1. The number of aromatic hydroxyl groups is 1. The Bertz CT molecular complexity index is 2740. The van der Waals surface area contributed by atoms with Gasteiger partial charge < -0.3 is 96.2 Å². The second kappa shape index (κ2) is 39.9. The third-order valence-electron chi connectivity index (χ3n) is 16.6. The van der Waals surface area contributed by atoms with Crippen LogP contribution in [0.25, 0.3) is 0 Å². The largest absolute Gasteiger partial charge is 0.508 e. The van der Waals surface area contributed by atoms with E-state index >= 15 is 0 Å². The summed E-state index contributed by atoms with van der Waals surface area (Å²) < 4.78 is 0. The molecule has 21 N–H and O–H groups in total. The molecule has 2 rings (SSSR count). The van der Waals surface area contributed by atoms with Crippen LogP contribution in [0.4, 0.5) is 0 Å². The Hall–Kier alpha value is -8.32. The molecule has 31 nitrogen and oxygen atoms in total. The minimum absolute atomic E-state index is 0.00594. The van der Waals surface area contributed by atoms with E-state index in [1.54, 1.807) is 39.8 Å². The summed E-state index contributed by atoms with van der Waals surface area (Å²) in [5, 5.41) is 56.1. The first kappa shape index (κ1) is 80.8. The van der Waals surface area contributed by atoms with Crippen LogP contribution in [0.15, 0.2) is 24.3 Å². The number of amides is 12. The summed E-state index contributed by atoms with van der Waals surface area (Å²) in [6.45, 7) is 12.2.